The molecule has 2 N–H and O–H groups in total. The van der Waals surface area contributed by atoms with Crippen LogP contribution in [-0.4, -0.2) is 32.6 Å². The second-order valence-corrected chi connectivity index (χ2v) is 12.6. The molecule has 0 saturated heterocycles. The van der Waals surface area contributed by atoms with Gasteiger partial charge in [0.2, 0.25) is 0 Å². The van der Waals surface area contributed by atoms with E-state index in [2.05, 4.69) is 13.0 Å². The van der Waals surface area contributed by atoms with Gasteiger partial charge >= 0.3 is 8.09 Å². The third-order valence-corrected chi connectivity index (χ3v) is 8.96. The Morgan fingerprint density at radius 2 is 1.03 bits per heavy atom. The Kier molecular flexibility index (Phi) is 22.8. The number of nitriles is 1. The zero-order chi connectivity index (χ0) is 26.4. The molecule has 0 aliphatic carbocycles. The van der Waals surface area contributed by atoms with E-state index in [0.717, 1.165) is 19.3 Å². The standard InChI is InChI=1S/C29H60N2O3P/c1-6-7-8-9-10-11-12-13-14-15-16-17-18-19-20-21-22-24-29(25-23-26-30)34-35(32,33)31(27(2)3)28(4)5/h27-29,32-33H,6-25H2,1-5H3/q+1. The van der Waals surface area contributed by atoms with Crippen molar-refractivity contribution in [2.45, 2.75) is 181 Å². The van der Waals surface area contributed by atoms with Gasteiger partial charge in [-0.05, 0) is 40.5 Å². The zero-order valence-corrected chi connectivity index (χ0v) is 24.9. The van der Waals surface area contributed by atoms with Gasteiger partial charge in [0.25, 0.3) is 0 Å². The highest BCUT2D eigenvalue weighted by atomic mass is 31.2. The summed E-state index contributed by atoms with van der Waals surface area (Å²) in [6.07, 6.45) is 24.3. The largest absolute Gasteiger partial charge is 0.499 e. The van der Waals surface area contributed by atoms with E-state index in [1.807, 2.05) is 27.7 Å². The lowest BCUT2D eigenvalue weighted by atomic mass is 10.0. The van der Waals surface area contributed by atoms with Crippen LogP contribution in [0.3, 0.4) is 0 Å². The molecule has 1 unspecified atom stereocenters. The van der Waals surface area contributed by atoms with Crippen LogP contribution in [-0.2, 0) is 4.52 Å². The second-order valence-electron chi connectivity index (χ2n) is 11.0. The van der Waals surface area contributed by atoms with Crippen molar-refractivity contribution < 1.29 is 14.3 Å². The van der Waals surface area contributed by atoms with Crippen molar-refractivity contribution in [3.8, 4) is 6.07 Å². The van der Waals surface area contributed by atoms with Crippen LogP contribution in [0.25, 0.3) is 0 Å². The zero-order valence-electron chi connectivity index (χ0n) is 24.0. The van der Waals surface area contributed by atoms with Crippen molar-refractivity contribution in [2.24, 2.45) is 0 Å². The van der Waals surface area contributed by atoms with E-state index in [9.17, 15) is 9.79 Å². The molecule has 0 spiro atoms. The molecule has 0 radical (unpaired) electrons. The van der Waals surface area contributed by atoms with Gasteiger partial charge in [0.05, 0.1) is 6.07 Å². The van der Waals surface area contributed by atoms with Crippen LogP contribution < -0.4 is 0 Å². The fraction of sp³-hybridized carbons (Fsp3) is 0.966. The summed E-state index contributed by atoms with van der Waals surface area (Å²) in [4.78, 5) is 21.4. The summed E-state index contributed by atoms with van der Waals surface area (Å²) in [5, 5.41) is 8.99. The first-order valence-electron chi connectivity index (χ1n) is 14.9. The molecule has 6 heteroatoms. The smallest absolute Gasteiger partial charge is 0.198 e. The van der Waals surface area contributed by atoms with E-state index in [4.69, 9.17) is 9.79 Å². The van der Waals surface area contributed by atoms with E-state index in [1.54, 1.807) is 4.67 Å². The molecule has 0 rings (SSSR count). The molecule has 0 aliphatic heterocycles. The van der Waals surface area contributed by atoms with Crippen molar-refractivity contribution in [1.82, 2.24) is 4.67 Å². The highest BCUT2D eigenvalue weighted by Crippen LogP contribution is 2.58. The molecule has 0 saturated carbocycles. The quantitative estimate of drug-likeness (QED) is 0.0935. The average Bonchev–Trinajstić information content (AvgIpc) is 2.78. The van der Waals surface area contributed by atoms with Gasteiger partial charge in [0.15, 0.2) is 0 Å². The lowest BCUT2D eigenvalue weighted by Crippen LogP contribution is -2.38. The predicted molar refractivity (Wildman–Crippen MR) is 152 cm³/mol. The van der Waals surface area contributed by atoms with Gasteiger partial charge in [-0.25, -0.2) is 0 Å². The Labute approximate surface area is 219 Å². The molecular formula is C29H60N2O3P+. The van der Waals surface area contributed by atoms with E-state index in [-0.39, 0.29) is 18.2 Å². The van der Waals surface area contributed by atoms with Gasteiger partial charge in [-0.1, -0.05) is 121 Å². The molecule has 1 atom stereocenters. The first-order chi connectivity index (χ1) is 16.8. The number of nitrogens with zero attached hydrogens (tertiary/aromatic N) is 2. The number of hydrogen-bond donors (Lipinski definition) is 2. The van der Waals surface area contributed by atoms with Crippen LogP contribution in [0.4, 0.5) is 0 Å². The Morgan fingerprint density at radius 3 is 1.37 bits per heavy atom. The molecule has 5 nitrogen and oxygen atoms in total. The number of hydrogen-bond acceptors (Lipinski definition) is 5. The van der Waals surface area contributed by atoms with Gasteiger partial charge in [-0.15, -0.1) is 0 Å². The minimum absolute atomic E-state index is 0.0183. The van der Waals surface area contributed by atoms with Crippen LogP contribution in [0.1, 0.15) is 163 Å². The molecule has 0 fully saturated rings. The van der Waals surface area contributed by atoms with Gasteiger partial charge < -0.3 is 0 Å². The summed E-state index contributed by atoms with van der Waals surface area (Å²) in [6, 6.07) is 2.14. The third-order valence-electron chi connectivity index (χ3n) is 6.86. The van der Waals surface area contributed by atoms with E-state index in [0.29, 0.717) is 12.8 Å². The molecule has 0 aromatic carbocycles. The molecule has 208 valence electrons. The second kappa shape index (κ2) is 22.9. The van der Waals surface area contributed by atoms with E-state index >= 15 is 0 Å². The molecule has 0 aromatic heterocycles. The molecule has 0 amide bonds. The minimum Gasteiger partial charge on any atom is -0.198 e. The summed E-state index contributed by atoms with van der Waals surface area (Å²) in [6.45, 7) is 10.1. The molecule has 35 heavy (non-hydrogen) atoms. The van der Waals surface area contributed by atoms with Crippen LogP contribution in [0.5, 0.6) is 0 Å². The van der Waals surface area contributed by atoms with E-state index < -0.39 is 8.09 Å². The van der Waals surface area contributed by atoms with Gasteiger partial charge in [0, 0.05) is 18.5 Å². The van der Waals surface area contributed by atoms with Crippen molar-refractivity contribution in [1.29, 1.82) is 5.26 Å². The molecule has 0 aromatic rings. The highest BCUT2D eigenvalue weighted by Gasteiger charge is 2.50. The molecule has 0 aliphatic rings. The Bertz CT molecular complexity index is 501. The fourth-order valence-electron chi connectivity index (χ4n) is 5.02. The van der Waals surface area contributed by atoms with E-state index in [1.165, 1.54) is 96.3 Å². The third kappa shape index (κ3) is 19.5. The SMILES string of the molecule is CCCCCCCCCCCCCCCCCCCC(CCC#N)O[P+](O)(O)N(C(C)C)C(C)C. The highest BCUT2D eigenvalue weighted by molar-refractivity contribution is 7.57. The molecular weight excluding hydrogens is 455 g/mol. The van der Waals surface area contributed by atoms with Gasteiger partial charge in [-0.2, -0.15) is 19.6 Å². The maximum atomic E-state index is 10.7. The lowest BCUT2D eigenvalue weighted by molar-refractivity contribution is 0.0843. The topological polar surface area (TPSA) is 76.7 Å². The summed E-state index contributed by atoms with van der Waals surface area (Å²) in [5.74, 6) is 0. The number of unbranched alkanes of at least 4 members (excludes halogenated alkanes) is 16. The first-order valence-corrected chi connectivity index (χ1v) is 16.5. The Hall–Kier alpha value is -0.240. The van der Waals surface area contributed by atoms with Crippen molar-refractivity contribution >= 4 is 8.09 Å². The van der Waals surface area contributed by atoms with Crippen molar-refractivity contribution in [3.05, 3.63) is 0 Å². The summed E-state index contributed by atoms with van der Waals surface area (Å²) < 4.78 is 7.52. The van der Waals surface area contributed by atoms with Crippen LogP contribution >= 0.6 is 8.09 Å². The van der Waals surface area contributed by atoms with Crippen molar-refractivity contribution in [2.75, 3.05) is 0 Å². The summed E-state index contributed by atoms with van der Waals surface area (Å²) >= 11 is 0. The summed E-state index contributed by atoms with van der Waals surface area (Å²) in [5.41, 5.74) is 0. The maximum absolute atomic E-state index is 10.7. The normalized spacial score (nSPS) is 13.2. The maximum Gasteiger partial charge on any atom is 0.499 e. The Balaban J connectivity index is 3.87. The number of rotatable bonds is 25. The molecule has 0 heterocycles. The fourth-order valence-corrected chi connectivity index (χ4v) is 6.95. The van der Waals surface area contributed by atoms with Gasteiger partial charge in [-0.3, -0.25) is 0 Å². The first kappa shape index (κ1) is 34.8. The minimum atomic E-state index is -3.63. The van der Waals surface area contributed by atoms with Gasteiger partial charge in [0.1, 0.15) is 6.10 Å². The van der Waals surface area contributed by atoms with Crippen LogP contribution in [0, 0.1) is 11.3 Å². The van der Waals surface area contributed by atoms with Crippen LogP contribution in [0.2, 0.25) is 0 Å². The predicted octanol–water partition coefficient (Wildman–Crippen LogP) is 9.50. The Morgan fingerprint density at radius 1 is 0.657 bits per heavy atom. The molecule has 0 bridgehead atoms. The summed E-state index contributed by atoms with van der Waals surface area (Å²) in [7, 11) is -3.63. The average molecular weight is 516 g/mol. The van der Waals surface area contributed by atoms with Crippen molar-refractivity contribution in [3.63, 3.8) is 0 Å². The lowest BCUT2D eigenvalue weighted by Gasteiger charge is -2.31. The monoisotopic (exact) mass is 515 g/mol. The van der Waals surface area contributed by atoms with Crippen LogP contribution in [0.15, 0.2) is 0 Å².